The maximum atomic E-state index is 13.4. The summed E-state index contributed by atoms with van der Waals surface area (Å²) in [5, 5.41) is 15.5. The minimum atomic E-state index is -0.550. The number of rotatable bonds is 9. The highest BCUT2D eigenvalue weighted by molar-refractivity contribution is 6.02. The van der Waals surface area contributed by atoms with Crippen molar-refractivity contribution in [1.29, 1.82) is 0 Å². The van der Waals surface area contributed by atoms with E-state index in [1.165, 1.54) is 0 Å². The molecular weight excluding hydrogens is 468 g/mol. The predicted molar refractivity (Wildman–Crippen MR) is 146 cm³/mol. The van der Waals surface area contributed by atoms with Gasteiger partial charge in [-0.05, 0) is 84.8 Å². The molecule has 3 N–H and O–H groups in total. The van der Waals surface area contributed by atoms with Crippen LogP contribution < -0.4 is 20.1 Å². The molecule has 1 fully saturated rings. The van der Waals surface area contributed by atoms with Crippen molar-refractivity contribution in [3.63, 3.8) is 0 Å². The highest BCUT2D eigenvalue weighted by Crippen LogP contribution is 2.51. The molecule has 0 saturated heterocycles. The maximum absolute atomic E-state index is 13.4. The molecule has 0 unspecified atom stereocenters. The van der Waals surface area contributed by atoms with Gasteiger partial charge in [-0.2, -0.15) is 0 Å². The van der Waals surface area contributed by atoms with E-state index >= 15 is 0 Å². The number of amides is 2. The molecule has 0 bridgehead atoms. The first-order valence-electron chi connectivity index (χ1n) is 12.8. The molecule has 196 valence electrons. The van der Waals surface area contributed by atoms with Crippen molar-refractivity contribution in [1.82, 2.24) is 5.32 Å². The Bertz CT molecular complexity index is 1330. The molecule has 3 aromatic carbocycles. The van der Waals surface area contributed by atoms with Crippen molar-refractivity contribution >= 4 is 17.5 Å². The van der Waals surface area contributed by atoms with Crippen molar-refractivity contribution in [2.24, 2.45) is 0 Å². The first-order chi connectivity index (χ1) is 17.9. The second-order valence-electron chi connectivity index (χ2n) is 9.85. The fourth-order valence-corrected chi connectivity index (χ4v) is 4.85. The molecule has 5 rings (SSSR count). The summed E-state index contributed by atoms with van der Waals surface area (Å²) in [6, 6.07) is 18.8. The number of benzene rings is 3. The smallest absolute Gasteiger partial charge is 0.251 e. The molecular formula is C30H36N2O5. The SMILES string of the molecule is CCC[C@H](CO)NC(=O)c1ccc(-c2cc(NC(=O)C3(c4ccc5c(c4)OCO5)CC3)ccc2C)cc1.[HH].[HH]. The van der Waals surface area contributed by atoms with Gasteiger partial charge in [0, 0.05) is 14.1 Å². The molecule has 2 aliphatic rings. The highest BCUT2D eigenvalue weighted by atomic mass is 16.7. The Morgan fingerprint density at radius 1 is 1.03 bits per heavy atom. The topological polar surface area (TPSA) is 96.9 Å². The number of carbonyl (C=O) groups is 2. The number of hydrogen-bond acceptors (Lipinski definition) is 5. The molecule has 3 aromatic rings. The summed E-state index contributed by atoms with van der Waals surface area (Å²) < 4.78 is 10.9. The lowest BCUT2D eigenvalue weighted by Crippen LogP contribution is -2.37. The van der Waals surface area contributed by atoms with Gasteiger partial charge in [-0.3, -0.25) is 9.59 Å². The van der Waals surface area contributed by atoms with Gasteiger partial charge in [0.05, 0.1) is 18.1 Å². The highest BCUT2D eigenvalue weighted by Gasteiger charge is 2.51. The molecule has 0 spiro atoms. The van der Waals surface area contributed by atoms with E-state index in [1.54, 1.807) is 12.1 Å². The Hall–Kier alpha value is -3.84. The van der Waals surface area contributed by atoms with Gasteiger partial charge in [0.15, 0.2) is 11.5 Å². The molecule has 1 saturated carbocycles. The van der Waals surface area contributed by atoms with E-state index in [9.17, 15) is 14.7 Å². The molecule has 1 atom stereocenters. The fraction of sp³-hybridized carbons (Fsp3) is 0.333. The maximum Gasteiger partial charge on any atom is 0.251 e. The third kappa shape index (κ3) is 5.04. The Balaban J connectivity index is 0.00000210. The monoisotopic (exact) mass is 504 g/mol. The van der Waals surface area contributed by atoms with Crippen molar-refractivity contribution in [2.75, 3.05) is 18.7 Å². The molecule has 37 heavy (non-hydrogen) atoms. The molecule has 0 aromatic heterocycles. The van der Waals surface area contributed by atoms with Crippen LogP contribution in [-0.2, 0) is 10.2 Å². The van der Waals surface area contributed by atoms with Gasteiger partial charge in [-0.25, -0.2) is 0 Å². The molecule has 1 aliphatic carbocycles. The quantitative estimate of drug-likeness (QED) is 0.360. The summed E-state index contributed by atoms with van der Waals surface area (Å²) in [6.07, 6.45) is 3.19. The normalized spacial score (nSPS) is 15.6. The number of aliphatic hydroxyl groups is 1. The van der Waals surface area contributed by atoms with E-state index in [0.717, 1.165) is 53.6 Å². The lowest BCUT2D eigenvalue weighted by Gasteiger charge is -2.18. The third-order valence-electron chi connectivity index (χ3n) is 7.26. The second kappa shape index (κ2) is 10.3. The average Bonchev–Trinajstić information content (AvgIpc) is 3.60. The first-order valence-corrected chi connectivity index (χ1v) is 12.8. The molecule has 2 amide bonds. The lowest BCUT2D eigenvalue weighted by molar-refractivity contribution is -0.118. The Labute approximate surface area is 219 Å². The standard InChI is InChI=1S/C30H32N2O5.2H2/c1-3-4-24(17-33)31-28(34)21-8-6-20(7-9-21)25-16-23(11-5-19(25)2)32-29(35)30(13-14-30)22-10-12-26-27(15-22)37-18-36-26;;/h5-12,15-16,24,33H,3-4,13-14,17-18H2,1-2H3,(H,31,34)(H,32,35);2*1H/t24-;;/m1../s1. The van der Waals surface area contributed by atoms with Gasteiger partial charge < -0.3 is 25.2 Å². The van der Waals surface area contributed by atoms with Crippen molar-refractivity contribution < 1.29 is 27.0 Å². The van der Waals surface area contributed by atoms with Crippen LogP contribution in [0.25, 0.3) is 11.1 Å². The van der Waals surface area contributed by atoms with Crippen molar-refractivity contribution in [3.8, 4) is 22.6 Å². The van der Waals surface area contributed by atoms with E-state index in [4.69, 9.17) is 9.47 Å². The third-order valence-corrected chi connectivity index (χ3v) is 7.26. The van der Waals surface area contributed by atoms with E-state index < -0.39 is 5.41 Å². The zero-order valence-corrected chi connectivity index (χ0v) is 21.2. The number of nitrogens with one attached hydrogen (secondary N) is 2. The van der Waals surface area contributed by atoms with E-state index in [2.05, 4.69) is 10.6 Å². The van der Waals surface area contributed by atoms with E-state index in [-0.39, 0.29) is 34.1 Å². The fourth-order valence-electron chi connectivity index (χ4n) is 4.85. The van der Waals surface area contributed by atoms with Gasteiger partial charge >= 0.3 is 0 Å². The van der Waals surface area contributed by atoms with Gasteiger partial charge in [-0.15, -0.1) is 0 Å². The summed E-state index contributed by atoms with van der Waals surface area (Å²) in [4.78, 5) is 25.9. The first kappa shape index (κ1) is 24.8. The number of fused-ring (bicyclic) bond motifs is 1. The average molecular weight is 505 g/mol. The van der Waals surface area contributed by atoms with E-state index in [0.29, 0.717) is 17.1 Å². The Morgan fingerprint density at radius 3 is 2.49 bits per heavy atom. The number of ether oxygens (including phenoxy) is 2. The van der Waals surface area contributed by atoms with Crippen LogP contribution in [0.1, 0.15) is 56.9 Å². The number of aryl methyl sites for hydroxylation is 1. The molecule has 7 heteroatoms. The van der Waals surface area contributed by atoms with Crippen LogP contribution in [0.3, 0.4) is 0 Å². The van der Waals surface area contributed by atoms with Gasteiger partial charge in [0.2, 0.25) is 12.7 Å². The largest absolute Gasteiger partial charge is 0.454 e. The zero-order chi connectivity index (χ0) is 26.0. The Morgan fingerprint density at radius 2 is 1.78 bits per heavy atom. The number of aliphatic hydroxyl groups excluding tert-OH is 1. The summed E-state index contributed by atoms with van der Waals surface area (Å²) in [6.45, 7) is 4.17. The second-order valence-corrected chi connectivity index (χ2v) is 9.85. The predicted octanol–water partition coefficient (Wildman–Crippen LogP) is 5.44. The van der Waals surface area contributed by atoms with Crippen LogP contribution in [0, 0.1) is 6.92 Å². The molecule has 1 heterocycles. The van der Waals surface area contributed by atoms with Crippen LogP contribution >= 0.6 is 0 Å². The summed E-state index contributed by atoms with van der Waals surface area (Å²) in [5.41, 5.74) is 4.66. The molecule has 1 aliphatic heterocycles. The Kier molecular flexibility index (Phi) is 6.89. The summed E-state index contributed by atoms with van der Waals surface area (Å²) >= 11 is 0. The summed E-state index contributed by atoms with van der Waals surface area (Å²) in [7, 11) is 0. The van der Waals surface area contributed by atoms with Gasteiger partial charge in [0.1, 0.15) is 0 Å². The minimum absolute atomic E-state index is 0. The van der Waals surface area contributed by atoms with Crippen molar-refractivity contribution in [3.05, 3.63) is 77.4 Å². The van der Waals surface area contributed by atoms with Crippen LogP contribution in [-0.4, -0.2) is 36.4 Å². The molecule has 0 radical (unpaired) electrons. The molecule has 7 nitrogen and oxygen atoms in total. The summed E-state index contributed by atoms with van der Waals surface area (Å²) in [5.74, 6) is 1.16. The number of anilines is 1. The minimum Gasteiger partial charge on any atom is -0.454 e. The zero-order valence-electron chi connectivity index (χ0n) is 21.2. The van der Waals surface area contributed by atoms with Gasteiger partial charge in [-0.1, -0.05) is 37.6 Å². The van der Waals surface area contributed by atoms with E-state index in [1.807, 2.05) is 62.4 Å². The van der Waals surface area contributed by atoms with Crippen molar-refractivity contribution in [2.45, 2.75) is 51.0 Å². The van der Waals surface area contributed by atoms with Crippen LogP contribution in [0.5, 0.6) is 11.5 Å². The van der Waals surface area contributed by atoms with Crippen LogP contribution in [0.4, 0.5) is 5.69 Å². The lowest BCUT2D eigenvalue weighted by atomic mass is 9.94. The number of carbonyl (C=O) groups excluding carboxylic acids is 2. The van der Waals surface area contributed by atoms with Gasteiger partial charge in [0.25, 0.3) is 5.91 Å². The number of hydrogen-bond donors (Lipinski definition) is 3. The van der Waals surface area contributed by atoms with Crippen LogP contribution in [0.15, 0.2) is 60.7 Å². The van der Waals surface area contributed by atoms with Crippen LogP contribution in [0.2, 0.25) is 0 Å².